The van der Waals surface area contributed by atoms with Gasteiger partial charge in [0.05, 0.1) is 5.57 Å². The molecule has 50 heavy (non-hydrogen) atoms. The van der Waals surface area contributed by atoms with E-state index in [1.54, 1.807) is 12.1 Å². The molecule has 4 nitrogen and oxygen atoms in total. The molecule has 7 aromatic rings. The van der Waals surface area contributed by atoms with E-state index in [2.05, 4.69) is 94.7 Å². The SMILES string of the molecule is O=C1C(=C2c3ccc(N(c4ccccc4)c4ccccc4)cc3-c3cc(N(c4ccccc4)c4ccccc4)ccc32)C(=O)c2ccccc21. The fraction of sp³-hybridized carbons (Fsp3) is 0. The largest absolute Gasteiger partial charge is 0.310 e. The Hall–Kier alpha value is -6.78. The first-order chi connectivity index (χ1) is 24.7. The van der Waals surface area contributed by atoms with Crippen molar-refractivity contribution in [2.24, 2.45) is 0 Å². The number of nitrogens with zero attached hydrogens (tertiary/aromatic N) is 2. The number of fused-ring (bicyclic) bond motifs is 4. The quantitative estimate of drug-likeness (QED) is 0.134. The molecule has 0 saturated carbocycles. The maximum Gasteiger partial charge on any atom is 0.198 e. The lowest BCUT2D eigenvalue weighted by Crippen LogP contribution is -2.10. The average molecular weight is 643 g/mol. The Labute approximate surface area is 290 Å². The van der Waals surface area contributed by atoms with Crippen molar-refractivity contribution in [1.29, 1.82) is 0 Å². The van der Waals surface area contributed by atoms with Gasteiger partial charge in [0.1, 0.15) is 0 Å². The van der Waals surface area contributed by atoms with Gasteiger partial charge >= 0.3 is 0 Å². The Morgan fingerprint density at radius 3 is 0.920 bits per heavy atom. The molecule has 0 saturated heterocycles. The lowest BCUT2D eigenvalue weighted by atomic mass is 9.94. The summed E-state index contributed by atoms with van der Waals surface area (Å²) in [6, 6.07) is 61.0. The van der Waals surface area contributed by atoms with Gasteiger partial charge in [0, 0.05) is 50.8 Å². The van der Waals surface area contributed by atoms with Gasteiger partial charge in [0.15, 0.2) is 11.6 Å². The van der Waals surface area contributed by atoms with Crippen LogP contribution in [-0.2, 0) is 0 Å². The number of carbonyl (C=O) groups is 2. The van der Waals surface area contributed by atoms with Crippen molar-refractivity contribution in [3.8, 4) is 11.1 Å². The third kappa shape index (κ3) is 4.77. The van der Waals surface area contributed by atoms with E-state index in [0.29, 0.717) is 16.7 Å². The number of hydrogen-bond acceptors (Lipinski definition) is 4. The van der Waals surface area contributed by atoms with Crippen LogP contribution in [0.15, 0.2) is 188 Å². The first kappa shape index (κ1) is 29.4. The monoisotopic (exact) mass is 642 g/mol. The number of rotatable bonds is 6. The van der Waals surface area contributed by atoms with Gasteiger partial charge in [-0.15, -0.1) is 0 Å². The molecule has 0 aliphatic heterocycles. The minimum atomic E-state index is -0.224. The molecule has 0 unspecified atom stereocenters. The van der Waals surface area contributed by atoms with Crippen molar-refractivity contribution >= 4 is 51.3 Å². The predicted octanol–water partition coefficient (Wildman–Crippen LogP) is 11.5. The van der Waals surface area contributed by atoms with Crippen LogP contribution < -0.4 is 9.80 Å². The van der Waals surface area contributed by atoms with E-state index in [0.717, 1.165) is 56.4 Å². The van der Waals surface area contributed by atoms with Crippen molar-refractivity contribution in [2.45, 2.75) is 0 Å². The fourth-order valence-corrected chi connectivity index (χ4v) is 7.32. The Bertz CT molecular complexity index is 2200. The lowest BCUT2D eigenvalue weighted by molar-refractivity contribution is 0.0990. The van der Waals surface area contributed by atoms with Gasteiger partial charge in [0.2, 0.25) is 0 Å². The molecule has 2 aliphatic carbocycles. The average Bonchev–Trinajstić information content (AvgIpc) is 3.62. The molecule has 0 N–H and O–H groups in total. The molecule has 0 radical (unpaired) electrons. The predicted molar refractivity (Wildman–Crippen MR) is 202 cm³/mol. The topological polar surface area (TPSA) is 40.6 Å². The lowest BCUT2D eigenvalue weighted by Gasteiger charge is -2.26. The van der Waals surface area contributed by atoms with Gasteiger partial charge in [-0.25, -0.2) is 0 Å². The summed E-state index contributed by atoms with van der Waals surface area (Å²) in [7, 11) is 0. The summed E-state index contributed by atoms with van der Waals surface area (Å²) in [6.45, 7) is 0. The molecule has 0 spiro atoms. The second-order valence-corrected chi connectivity index (χ2v) is 12.4. The zero-order valence-corrected chi connectivity index (χ0v) is 27.0. The van der Waals surface area contributed by atoms with Crippen molar-refractivity contribution in [2.75, 3.05) is 9.80 Å². The minimum absolute atomic E-state index is 0.224. The molecule has 0 bridgehead atoms. The van der Waals surface area contributed by atoms with Crippen LogP contribution in [-0.4, -0.2) is 11.6 Å². The Morgan fingerprint density at radius 2 is 0.580 bits per heavy atom. The summed E-state index contributed by atoms with van der Waals surface area (Å²) in [5.41, 5.74) is 11.6. The van der Waals surface area contributed by atoms with Gasteiger partial charge < -0.3 is 9.80 Å². The summed E-state index contributed by atoms with van der Waals surface area (Å²) < 4.78 is 0. The number of Topliss-reactive ketones (excluding diaryl/α,β-unsaturated/α-hetero) is 2. The Morgan fingerprint density at radius 1 is 0.260 bits per heavy atom. The molecule has 9 rings (SSSR count). The number of ketones is 2. The Balaban J connectivity index is 1.29. The van der Waals surface area contributed by atoms with Crippen LogP contribution in [0.25, 0.3) is 16.7 Å². The maximum absolute atomic E-state index is 14.0. The first-order valence-corrected chi connectivity index (χ1v) is 16.7. The van der Waals surface area contributed by atoms with Gasteiger partial charge in [-0.05, 0) is 95.1 Å². The van der Waals surface area contributed by atoms with Gasteiger partial charge in [0.25, 0.3) is 0 Å². The molecule has 236 valence electrons. The normalized spacial score (nSPS) is 12.8. The summed E-state index contributed by atoms with van der Waals surface area (Å²) in [4.78, 5) is 32.5. The minimum Gasteiger partial charge on any atom is -0.310 e. The van der Waals surface area contributed by atoms with Crippen LogP contribution in [0.3, 0.4) is 0 Å². The van der Waals surface area contributed by atoms with E-state index in [-0.39, 0.29) is 17.1 Å². The highest BCUT2D eigenvalue weighted by atomic mass is 16.2. The van der Waals surface area contributed by atoms with Crippen molar-refractivity contribution in [3.05, 3.63) is 210 Å². The fourth-order valence-electron chi connectivity index (χ4n) is 7.32. The van der Waals surface area contributed by atoms with E-state index in [1.807, 2.05) is 84.9 Å². The summed E-state index contributed by atoms with van der Waals surface area (Å²) in [5.74, 6) is -0.448. The van der Waals surface area contributed by atoms with Crippen molar-refractivity contribution < 1.29 is 9.59 Å². The number of carbonyl (C=O) groups excluding carboxylic acids is 2. The van der Waals surface area contributed by atoms with Crippen LogP contribution in [0.2, 0.25) is 0 Å². The molecule has 0 heterocycles. The van der Waals surface area contributed by atoms with E-state index in [4.69, 9.17) is 0 Å². The number of hydrogen-bond donors (Lipinski definition) is 0. The molecule has 0 aromatic heterocycles. The molecule has 2 aliphatic rings. The first-order valence-electron chi connectivity index (χ1n) is 16.7. The highest BCUT2D eigenvalue weighted by Gasteiger charge is 2.39. The summed E-state index contributed by atoms with van der Waals surface area (Å²) in [6.07, 6.45) is 0. The second-order valence-electron chi connectivity index (χ2n) is 12.4. The molecular formula is C46H30N2O2. The Kier molecular flexibility index (Phi) is 7.07. The molecular weight excluding hydrogens is 613 g/mol. The van der Waals surface area contributed by atoms with E-state index in [9.17, 15) is 9.59 Å². The van der Waals surface area contributed by atoms with E-state index in [1.165, 1.54) is 0 Å². The van der Waals surface area contributed by atoms with Gasteiger partial charge in [-0.1, -0.05) is 109 Å². The summed E-state index contributed by atoms with van der Waals surface area (Å²) >= 11 is 0. The second kappa shape index (κ2) is 12.0. The summed E-state index contributed by atoms with van der Waals surface area (Å²) in [5, 5.41) is 0. The number of benzene rings is 7. The molecule has 0 fully saturated rings. The van der Waals surface area contributed by atoms with Crippen molar-refractivity contribution in [1.82, 2.24) is 0 Å². The zero-order chi connectivity index (χ0) is 33.6. The van der Waals surface area contributed by atoms with Crippen LogP contribution >= 0.6 is 0 Å². The standard InChI is InChI=1S/C46H30N2O2/c49-45-39-23-13-14-24-40(39)46(50)44(45)43-37-27-25-35(47(31-15-5-1-6-16-31)32-17-7-2-8-18-32)29-41(37)42-30-36(26-28-38(42)43)48(33-19-9-3-10-20-33)34-21-11-4-12-22-34/h1-30H. The highest BCUT2D eigenvalue weighted by molar-refractivity contribution is 6.43. The molecule has 0 amide bonds. The van der Waals surface area contributed by atoms with E-state index >= 15 is 0 Å². The smallest absolute Gasteiger partial charge is 0.198 e. The molecule has 7 aromatic carbocycles. The van der Waals surface area contributed by atoms with Crippen molar-refractivity contribution in [3.63, 3.8) is 0 Å². The van der Waals surface area contributed by atoms with E-state index < -0.39 is 0 Å². The number of anilines is 6. The molecule has 4 heteroatoms. The zero-order valence-electron chi connectivity index (χ0n) is 27.0. The number of para-hydroxylation sites is 4. The molecule has 0 atom stereocenters. The van der Waals surface area contributed by atoms with Crippen LogP contribution in [0, 0.1) is 0 Å². The highest BCUT2D eigenvalue weighted by Crippen LogP contribution is 2.52. The number of allylic oxidation sites excluding steroid dienone is 1. The maximum atomic E-state index is 14.0. The van der Waals surface area contributed by atoms with Crippen LogP contribution in [0.5, 0.6) is 0 Å². The third-order valence-corrected chi connectivity index (χ3v) is 9.53. The third-order valence-electron chi connectivity index (χ3n) is 9.53. The van der Waals surface area contributed by atoms with Gasteiger partial charge in [-0.3, -0.25) is 9.59 Å². The van der Waals surface area contributed by atoms with Crippen LogP contribution in [0.4, 0.5) is 34.1 Å². The van der Waals surface area contributed by atoms with Gasteiger partial charge in [-0.2, -0.15) is 0 Å². The van der Waals surface area contributed by atoms with Crippen LogP contribution in [0.1, 0.15) is 31.8 Å².